The largest absolute Gasteiger partial charge is 0.480 e. The van der Waals surface area contributed by atoms with Crippen molar-refractivity contribution in [1.82, 2.24) is 5.32 Å². The summed E-state index contributed by atoms with van der Waals surface area (Å²) in [5.41, 5.74) is 6.13. The predicted octanol–water partition coefficient (Wildman–Crippen LogP) is 2.07. The number of ketones is 2. The number of carbonyl (C=O) groups is 3. The van der Waals surface area contributed by atoms with E-state index in [0.29, 0.717) is 31.4 Å². The summed E-state index contributed by atoms with van der Waals surface area (Å²) in [6.45, 7) is 8.45. The van der Waals surface area contributed by atoms with Gasteiger partial charge in [-0.15, -0.1) is 0 Å². The number of carbonyl (C=O) groups excluding carboxylic acids is 2. The lowest BCUT2D eigenvalue weighted by molar-refractivity contribution is -0.140. The van der Waals surface area contributed by atoms with E-state index in [2.05, 4.69) is 5.32 Å². The van der Waals surface area contributed by atoms with Crippen molar-refractivity contribution in [2.24, 2.45) is 17.1 Å². The molecule has 142 valence electrons. The van der Waals surface area contributed by atoms with Crippen molar-refractivity contribution >= 4 is 17.5 Å². The Morgan fingerprint density at radius 2 is 1.84 bits per heavy atom. The van der Waals surface area contributed by atoms with Gasteiger partial charge >= 0.3 is 5.97 Å². The highest BCUT2D eigenvalue weighted by Gasteiger charge is 2.39. The van der Waals surface area contributed by atoms with Gasteiger partial charge in [-0.1, -0.05) is 34.1 Å². The first kappa shape index (κ1) is 21.5. The van der Waals surface area contributed by atoms with Gasteiger partial charge in [-0.25, -0.2) is 0 Å². The number of aliphatic carboxylic acids is 1. The number of nitrogens with one attached hydrogen (secondary N) is 1. The molecule has 1 fully saturated rings. The number of Topliss-reactive ketones (excluding diaryl/α,β-unsaturated/α-hetero) is 2. The van der Waals surface area contributed by atoms with Gasteiger partial charge in [0.05, 0.1) is 5.57 Å². The van der Waals surface area contributed by atoms with Crippen LogP contribution in [-0.4, -0.2) is 41.8 Å². The minimum absolute atomic E-state index is 0.186. The van der Waals surface area contributed by atoms with Crippen LogP contribution < -0.4 is 11.1 Å². The van der Waals surface area contributed by atoms with E-state index in [1.807, 2.05) is 20.8 Å². The van der Waals surface area contributed by atoms with Crippen LogP contribution in [0.25, 0.3) is 0 Å². The minimum Gasteiger partial charge on any atom is -0.480 e. The highest BCUT2D eigenvalue weighted by atomic mass is 16.4. The Labute approximate surface area is 150 Å². The number of carboxylic acid groups (broad SMARTS) is 1. The van der Waals surface area contributed by atoms with Crippen molar-refractivity contribution in [1.29, 1.82) is 0 Å². The summed E-state index contributed by atoms with van der Waals surface area (Å²) in [5.74, 6) is -1.82. The molecular weight excluding hydrogens is 320 g/mol. The fourth-order valence-corrected chi connectivity index (χ4v) is 3.47. The lowest BCUT2D eigenvalue weighted by atomic mass is 9.71. The first-order valence-electron chi connectivity index (χ1n) is 9.10. The molecule has 0 saturated heterocycles. The lowest BCUT2D eigenvalue weighted by Gasteiger charge is -2.32. The normalized spacial score (nSPS) is 19.6. The summed E-state index contributed by atoms with van der Waals surface area (Å²) in [6, 6.07) is -0.837. The predicted molar refractivity (Wildman–Crippen MR) is 97.2 cm³/mol. The molecule has 1 aliphatic rings. The third-order valence-electron chi connectivity index (χ3n) is 4.78. The molecule has 6 nitrogen and oxygen atoms in total. The molecule has 25 heavy (non-hydrogen) atoms. The van der Waals surface area contributed by atoms with Gasteiger partial charge in [-0.05, 0) is 36.9 Å². The van der Waals surface area contributed by atoms with E-state index < -0.39 is 17.9 Å². The van der Waals surface area contributed by atoms with Gasteiger partial charge in [0.15, 0.2) is 11.6 Å². The summed E-state index contributed by atoms with van der Waals surface area (Å²) in [4.78, 5) is 36.9. The smallest absolute Gasteiger partial charge is 0.321 e. The molecular formula is C19H32N2O4. The second-order valence-corrected chi connectivity index (χ2v) is 7.72. The number of rotatable bonds is 9. The van der Waals surface area contributed by atoms with Crippen LogP contribution >= 0.6 is 0 Å². The Balaban J connectivity index is 3.20. The van der Waals surface area contributed by atoms with Crippen molar-refractivity contribution in [2.75, 3.05) is 13.1 Å². The molecule has 0 aromatic rings. The molecule has 6 heteroatoms. The molecule has 1 aliphatic carbocycles. The van der Waals surface area contributed by atoms with Gasteiger partial charge in [0.25, 0.3) is 0 Å². The van der Waals surface area contributed by atoms with E-state index in [4.69, 9.17) is 5.73 Å². The molecule has 2 atom stereocenters. The molecule has 0 spiro atoms. The van der Waals surface area contributed by atoms with Crippen molar-refractivity contribution < 1.29 is 19.5 Å². The fourth-order valence-electron chi connectivity index (χ4n) is 3.47. The van der Waals surface area contributed by atoms with E-state index in [0.717, 1.165) is 12.8 Å². The lowest BCUT2D eigenvalue weighted by Crippen LogP contribution is -2.44. The summed E-state index contributed by atoms with van der Waals surface area (Å²) in [5, 5.41) is 12.6. The summed E-state index contributed by atoms with van der Waals surface area (Å²) in [7, 11) is 0. The number of carboxylic acids is 1. The second-order valence-electron chi connectivity index (χ2n) is 7.72. The Kier molecular flexibility index (Phi) is 7.96. The second kappa shape index (κ2) is 9.25. The topological polar surface area (TPSA) is 109 Å². The van der Waals surface area contributed by atoms with Crippen LogP contribution in [0.15, 0.2) is 11.1 Å². The minimum atomic E-state index is -0.977. The van der Waals surface area contributed by atoms with Crippen molar-refractivity contribution in [3.63, 3.8) is 0 Å². The number of allylic oxidation sites excluding steroid dienone is 1. The van der Waals surface area contributed by atoms with E-state index in [-0.39, 0.29) is 29.1 Å². The number of unbranched alkanes of at least 4 members (excludes halogenated alkanes) is 1. The molecule has 0 aromatic carbocycles. The highest BCUT2D eigenvalue weighted by Crippen LogP contribution is 2.37. The Morgan fingerprint density at radius 3 is 2.28 bits per heavy atom. The maximum absolute atomic E-state index is 12.6. The van der Waals surface area contributed by atoms with Gasteiger partial charge in [0, 0.05) is 18.8 Å². The van der Waals surface area contributed by atoms with E-state index in [1.54, 1.807) is 6.92 Å². The molecule has 4 N–H and O–H groups in total. The zero-order valence-corrected chi connectivity index (χ0v) is 15.9. The third kappa shape index (κ3) is 5.75. The van der Waals surface area contributed by atoms with Crippen LogP contribution in [0.4, 0.5) is 0 Å². The summed E-state index contributed by atoms with van der Waals surface area (Å²) >= 11 is 0. The van der Waals surface area contributed by atoms with Gasteiger partial charge in [0.2, 0.25) is 0 Å². The average Bonchev–Trinajstić information content (AvgIpc) is 2.48. The van der Waals surface area contributed by atoms with Crippen LogP contribution in [0.3, 0.4) is 0 Å². The van der Waals surface area contributed by atoms with Crippen LogP contribution in [-0.2, 0) is 14.4 Å². The van der Waals surface area contributed by atoms with Gasteiger partial charge in [-0.2, -0.15) is 0 Å². The standard InChI is InChI=1S/C19H32N2O4/c1-5-6-9-21-17(18(24)25)12(2)13(7-8-20)16-14(22)10-19(3,4)11-15(16)23/h12,17,21H,5-11,20H2,1-4H3,(H,24,25)/t12?,17-/m0/s1. The maximum atomic E-state index is 12.6. The van der Waals surface area contributed by atoms with Crippen molar-refractivity contribution in [2.45, 2.75) is 65.8 Å². The van der Waals surface area contributed by atoms with Gasteiger partial charge in [0.1, 0.15) is 6.04 Å². The molecule has 1 rings (SSSR count). The molecule has 0 radical (unpaired) electrons. The third-order valence-corrected chi connectivity index (χ3v) is 4.78. The van der Waals surface area contributed by atoms with Gasteiger partial charge in [-0.3, -0.25) is 14.4 Å². The molecule has 0 heterocycles. The fraction of sp³-hybridized carbons (Fsp3) is 0.737. The Morgan fingerprint density at radius 1 is 1.28 bits per heavy atom. The molecule has 0 aromatic heterocycles. The van der Waals surface area contributed by atoms with Crippen molar-refractivity contribution in [3.05, 3.63) is 11.1 Å². The first-order valence-corrected chi connectivity index (χ1v) is 9.10. The number of nitrogens with two attached hydrogens (primary N) is 1. The maximum Gasteiger partial charge on any atom is 0.321 e. The van der Waals surface area contributed by atoms with Crippen molar-refractivity contribution in [3.8, 4) is 0 Å². The average molecular weight is 352 g/mol. The van der Waals surface area contributed by atoms with Crippen LogP contribution in [0, 0.1) is 11.3 Å². The summed E-state index contributed by atoms with van der Waals surface area (Å²) < 4.78 is 0. The molecule has 0 bridgehead atoms. The zero-order valence-electron chi connectivity index (χ0n) is 15.9. The van der Waals surface area contributed by atoms with E-state index in [1.165, 1.54) is 0 Å². The number of hydrogen-bond acceptors (Lipinski definition) is 5. The first-order chi connectivity index (χ1) is 11.6. The zero-order chi connectivity index (χ0) is 19.2. The molecule has 0 aliphatic heterocycles. The highest BCUT2D eigenvalue weighted by molar-refractivity contribution is 6.22. The molecule has 1 saturated carbocycles. The monoisotopic (exact) mass is 352 g/mol. The van der Waals surface area contributed by atoms with Crippen LogP contribution in [0.1, 0.15) is 59.8 Å². The Hall–Kier alpha value is -1.53. The van der Waals surface area contributed by atoms with Gasteiger partial charge < -0.3 is 16.2 Å². The molecule has 0 amide bonds. The number of hydrogen-bond donors (Lipinski definition) is 3. The summed E-state index contributed by atoms with van der Waals surface area (Å²) in [6.07, 6.45) is 2.78. The Bertz CT molecular complexity index is 530. The van der Waals surface area contributed by atoms with Crippen LogP contribution in [0.5, 0.6) is 0 Å². The SMILES string of the molecule is CCCCN[C@H](C(=O)O)C(C)C(CCN)=C1C(=O)CC(C)(C)CC1=O. The quantitative estimate of drug-likeness (QED) is 0.333. The molecule has 1 unspecified atom stereocenters. The van der Waals surface area contributed by atoms with E-state index >= 15 is 0 Å². The van der Waals surface area contributed by atoms with E-state index in [9.17, 15) is 19.5 Å². The van der Waals surface area contributed by atoms with Crippen LogP contribution in [0.2, 0.25) is 0 Å².